The molecule has 3 aromatic rings. The summed E-state index contributed by atoms with van der Waals surface area (Å²) in [6, 6.07) is 6.36. The van der Waals surface area contributed by atoms with E-state index in [9.17, 15) is 4.39 Å². The minimum atomic E-state index is -0.252. The number of benzene rings is 1. The summed E-state index contributed by atoms with van der Waals surface area (Å²) in [6.07, 6.45) is 3.80. The van der Waals surface area contributed by atoms with Crippen molar-refractivity contribution in [3.8, 4) is 0 Å². The van der Waals surface area contributed by atoms with E-state index in [1.807, 2.05) is 4.57 Å². The quantitative estimate of drug-likeness (QED) is 0.684. The van der Waals surface area contributed by atoms with Crippen LogP contribution in [-0.4, -0.2) is 26.1 Å². The van der Waals surface area contributed by atoms with Gasteiger partial charge in [0.15, 0.2) is 11.5 Å². The largest absolute Gasteiger partial charge is 0.382 e. The zero-order valence-electron chi connectivity index (χ0n) is 13.0. The molecule has 23 heavy (non-hydrogen) atoms. The van der Waals surface area contributed by atoms with Gasteiger partial charge in [-0.05, 0) is 24.1 Å². The van der Waals surface area contributed by atoms with Crippen molar-refractivity contribution in [3.63, 3.8) is 0 Å². The molecule has 0 radical (unpaired) electrons. The highest BCUT2D eigenvalue weighted by Crippen LogP contribution is 2.19. The van der Waals surface area contributed by atoms with E-state index in [-0.39, 0.29) is 5.82 Å². The number of nitrogens with two attached hydrogens (primary N) is 1. The van der Waals surface area contributed by atoms with Crippen molar-refractivity contribution < 1.29 is 4.39 Å². The Kier molecular flexibility index (Phi) is 4.36. The zero-order valence-corrected chi connectivity index (χ0v) is 13.0. The van der Waals surface area contributed by atoms with Crippen LogP contribution in [0.4, 0.5) is 16.2 Å². The monoisotopic (exact) mass is 314 g/mol. The van der Waals surface area contributed by atoms with Crippen LogP contribution in [0.5, 0.6) is 0 Å². The molecule has 0 aliphatic carbocycles. The first-order chi connectivity index (χ1) is 11.2. The third-order valence-corrected chi connectivity index (χ3v) is 3.57. The van der Waals surface area contributed by atoms with Crippen molar-refractivity contribution in [1.29, 1.82) is 0 Å². The molecule has 3 rings (SSSR count). The molecule has 0 fully saturated rings. The molecule has 0 amide bonds. The number of hydrogen-bond acceptors (Lipinski definition) is 5. The highest BCUT2D eigenvalue weighted by molar-refractivity contribution is 5.82. The van der Waals surface area contributed by atoms with Crippen LogP contribution in [0, 0.1) is 5.82 Å². The Morgan fingerprint density at radius 3 is 2.74 bits per heavy atom. The Bertz CT molecular complexity index is 796. The van der Waals surface area contributed by atoms with Crippen LogP contribution in [0.3, 0.4) is 0 Å². The molecule has 0 unspecified atom stereocenters. The fourth-order valence-electron chi connectivity index (χ4n) is 2.32. The van der Waals surface area contributed by atoms with Gasteiger partial charge in [-0.2, -0.15) is 9.97 Å². The molecule has 0 spiro atoms. The van der Waals surface area contributed by atoms with E-state index in [0.717, 1.165) is 24.9 Å². The first kappa shape index (κ1) is 15.2. The Balaban J connectivity index is 1.89. The van der Waals surface area contributed by atoms with Crippen LogP contribution in [0.15, 0.2) is 30.6 Å². The normalized spacial score (nSPS) is 11.0. The molecule has 0 aliphatic rings. The first-order valence-electron chi connectivity index (χ1n) is 7.64. The van der Waals surface area contributed by atoms with E-state index >= 15 is 0 Å². The molecule has 1 aromatic carbocycles. The van der Waals surface area contributed by atoms with E-state index in [1.165, 1.54) is 12.1 Å². The van der Waals surface area contributed by atoms with Crippen molar-refractivity contribution in [2.45, 2.75) is 26.3 Å². The third kappa shape index (κ3) is 3.39. The van der Waals surface area contributed by atoms with Gasteiger partial charge in [-0.25, -0.2) is 9.37 Å². The number of halogens is 1. The third-order valence-electron chi connectivity index (χ3n) is 3.57. The molecule has 0 saturated heterocycles. The molecule has 2 aromatic heterocycles. The maximum atomic E-state index is 13.0. The average Bonchev–Trinajstić information content (AvgIpc) is 2.93. The van der Waals surface area contributed by atoms with Gasteiger partial charge in [0.25, 0.3) is 0 Å². The summed E-state index contributed by atoms with van der Waals surface area (Å²) >= 11 is 0. The Hall–Kier alpha value is -2.70. The van der Waals surface area contributed by atoms with E-state index in [2.05, 4.69) is 27.2 Å². The van der Waals surface area contributed by atoms with Gasteiger partial charge in [0.2, 0.25) is 5.95 Å². The van der Waals surface area contributed by atoms with Crippen LogP contribution in [0.25, 0.3) is 11.2 Å². The highest BCUT2D eigenvalue weighted by Gasteiger charge is 2.11. The number of hydrogen-bond donors (Lipinski definition) is 2. The lowest BCUT2D eigenvalue weighted by molar-refractivity contribution is 0.626. The van der Waals surface area contributed by atoms with Crippen LogP contribution < -0.4 is 11.1 Å². The molecule has 7 heteroatoms. The van der Waals surface area contributed by atoms with Crippen molar-refractivity contribution in [2.24, 2.45) is 0 Å². The van der Waals surface area contributed by atoms with Gasteiger partial charge in [-0.3, -0.25) is 0 Å². The lowest BCUT2D eigenvalue weighted by Gasteiger charge is -2.07. The van der Waals surface area contributed by atoms with Gasteiger partial charge in [0, 0.05) is 6.54 Å². The van der Waals surface area contributed by atoms with E-state index in [4.69, 9.17) is 5.73 Å². The topological polar surface area (TPSA) is 81.6 Å². The predicted octanol–water partition coefficient (Wildman–Crippen LogP) is 2.81. The number of fused-ring (bicyclic) bond motifs is 1. The lowest BCUT2D eigenvalue weighted by atomic mass is 10.2. The van der Waals surface area contributed by atoms with Gasteiger partial charge >= 0.3 is 0 Å². The summed E-state index contributed by atoms with van der Waals surface area (Å²) in [6.45, 7) is 3.47. The molecule has 0 saturated carbocycles. The summed E-state index contributed by atoms with van der Waals surface area (Å²) in [5.74, 6) is 0.606. The van der Waals surface area contributed by atoms with Gasteiger partial charge in [0.05, 0.1) is 12.9 Å². The minimum absolute atomic E-state index is 0.252. The molecule has 2 heterocycles. The van der Waals surface area contributed by atoms with Gasteiger partial charge < -0.3 is 15.6 Å². The highest BCUT2D eigenvalue weighted by atomic mass is 19.1. The van der Waals surface area contributed by atoms with Crippen molar-refractivity contribution in [2.75, 3.05) is 17.6 Å². The maximum Gasteiger partial charge on any atom is 0.226 e. The summed E-state index contributed by atoms with van der Waals surface area (Å²) in [4.78, 5) is 13.0. The summed E-state index contributed by atoms with van der Waals surface area (Å²) < 4.78 is 14.9. The number of nitrogens with zero attached hydrogens (tertiary/aromatic N) is 4. The molecule has 0 bridgehead atoms. The fourth-order valence-corrected chi connectivity index (χ4v) is 2.32. The predicted molar refractivity (Wildman–Crippen MR) is 88.6 cm³/mol. The molecule has 6 nitrogen and oxygen atoms in total. The number of aromatic nitrogens is 4. The molecular formula is C16H19FN6. The second-order valence-corrected chi connectivity index (χ2v) is 5.38. The van der Waals surface area contributed by atoms with E-state index in [0.29, 0.717) is 29.5 Å². The zero-order chi connectivity index (χ0) is 16.2. The second kappa shape index (κ2) is 6.60. The summed E-state index contributed by atoms with van der Waals surface area (Å²) in [5.41, 5.74) is 8.18. The number of rotatable bonds is 6. The number of anilines is 2. The molecule has 0 aliphatic heterocycles. The number of imidazole rings is 1. The maximum absolute atomic E-state index is 13.0. The van der Waals surface area contributed by atoms with Crippen LogP contribution in [0.2, 0.25) is 0 Å². The molecule has 0 atom stereocenters. The Morgan fingerprint density at radius 2 is 2.00 bits per heavy atom. The average molecular weight is 314 g/mol. The van der Waals surface area contributed by atoms with Crippen LogP contribution >= 0.6 is 0 Å². The summed E-state index contributed by atoms with van der Waals surface area (Å²) in [5, 5.41) is 3.17. The Morgan fingerprint density at radius 1 is 1.22 bits per heavy atom. The van der Waals surface area contributed by atoms with Crippen molar-refractivity contribution in [1.82, 2.24) is 19.5 Å². The van der Waals surface area contributed by atoms with Crippen molar-refractivity contribution in [3.05, 3.63) is 42.0 Å². The second-order valence-electron chi connectivity index (χ2n) is 5.38. The van der Waals surface area contributed by atoms with E-state index in [1.54, 1.807) is 18.5 Å². The van der Waals surface area contributed by atoms with E-state index < -0.39 is 0 Å². The van der Waals surface area contributed by atoms with Gasteiger partial charge in [-0.1, -0.05) is 25.5 Å². The van der Waals surface area contributed by atoms with Gasteiger partial charge in [0.1, 0.15) is 11.3 Å². The van der Waals surface area contributed by atoms with Crippen molar-refractivity contribution >= 4 is 22.9 Å². The first-order valence-corrected chi connectivity index (χ1v) is 7.64. The molecule has 3 N–H and O–H groups in total. The van der Waals surface area contributed by atoms with Gasteiger partial charge in [-0.15, -0.1) is 0 Å². The molecule has 120 valence electrons. The number of nitrogens with one attached hydrogen (secondary N) is 1. The minimum Gasteiger partial charge on any atom is -0.382 e. The summed E-state index contributed by atoms with van der Waals surface area (Å²) in [7, 11) is 0. The number of nitrogen functional groups attached to an aromatic ring is 1. The molecular weight excluding hydrogens is 295 g/mol. The smallest absolute Gasteiger partial charge is 0.226 e. The number of unbranched alkanes of at least 4 members (excludes halogenated alkanes) is 1. The SMILES string of the molecule is CCCCNc1nc(N)c2ncn(Cc3ccc(F)cc3)c2n1. The lowest BCUT2D eigenvalue weighted by Crippen LogP contribution is -2.08. The fraction of sp³-hybridized carbons (Fsp3) is 0.312. The Labute approximate surface area is 133 Å². The van der Waals surface area contributed by atoms with Crippen LogP contribution in [-0.2, 0) is 6.54 Å². The standard InChI is InChI=1S/C16H19FN6/c1-2-3-8-19-16-21-14(18)13-15(22-16)23(10-20-13)9-11-4-6-12(17)7-5-11/h4-7,10H,2-3,8-9H2,1H3,(H3,18,19,21,22). The van der Waals surface area contributed by atoms with Crippen LogP contribution in [0.1, 0.15) is 25.3 Å².